The molecule has 0 aliphatic rings. The summed E-state index contributed by atoms with van der Waals surface area (Å²) in [6, 6.07) is 5.33. The van der Waals surface area contributed by atoms with Crippen LogP contribution in [0.15, 0.2) is 35.4 Å². The van der Waals surface area contributed by atoms with Crippen LogP contribution in [0.25, 0.3) is 0 Å². The van der Waals surface area contributed by atoms with Crippen molar-refractivity contribution in [2.75, 3.05) is 12.0 Å². The summed E-state index contributed by atoms with van der Waals surface area (Å²) in [7, 11) is 0. The monoisotopic (exact) mass is 635 g/mol. The zero-order chi connectivity index (χ0) is 21.8. The number of carboxylic acid groups (broad SMARTS) is 1. The number of nitrogens with zero attached hydrogens (tertiary/aromatic N) is 2. The van der Waals surface area contributed by atoms with Gasteiger partial charge in [-0.1, -0.05) is 0 Å². The lowest BCUT2D eigenvalue weighted by atomic mass is 10.1. The van der Waals surface area contributed by atoms with Gasteiger partial charge in [-0.2, -0.15) is 18.3 Å². The molecule has 2 N–H and O–H groups in total. The fourth-order valence-corrected chi connectivity index (χ4v) is 4.18. The molecule has 8 nitrogen and oxygen atoms in total. The van der Waals surface area contributed by atoms with Crippen molar-refractivity contribution in [1.29, 1.82) is 0 Å². The number of nitrogens with one attached hydrogen (secondary N) is 1. The molecule has 0 atom stereocenters. The van der Waals surface area contributed by atoms with Crippen molar-refractivity contribution in [2.24, 2.45) is 5.10 Å². The third-order valence-electron chi connectivity index (χ3n) is 3.28. The van der Waals surface area contributed by atoms with Crippen molar-refractivity contribution in [2.45, 2.75) is 6.18 Å². The second-order valence-corrected chi connectivity index (χ2v) is 7.68. The first-order valence-electron chi connectivity index (χ1n) is 7.47. The molecule has 0 saturated carbocycles. The van der Waals surface area contributed by atoms with Gasteiger partial charge in [0.25, 0.3) is 5.69 Å². The molecule has 0 saturated heterocycles. The van der Waals surface area contributed by atoms with E-state index >= 15 is 0 Å². The predicted molar refractivity (Wildman–Crippen MR) is 114 cm³/mol. The van der Waals surface area contributed by atoms with E-state index in [0.717, 1.165) is 6.07 Å². The minimum absolute atomic E-state index is 0.204. The Balaban J connectivity index is 2.21. The Morgan fingerprint density at radius 2 is 1.90 bits per heavy atom. The molecule has 0 unspecified atom stereocenters. The normalized spacial score (nSPS) is 11.5. The van der Waals surface area contributed by atoms with Gasteiger partial charge in [0.15, 0.2) is 6.61 Å². The molecule has 154 valence electrons. The van der Waals surface area contributed by atoms with Crippen molar-refractivity contribution < 1.29 is 32.7 Å². The van der Waals surface area contributed by atoms with Crippen LogP contribution < -0.4 is 10.2 Å². The topological polar surface area (TPSA) is 114 Å². The Labute approximate surface area is 188 Å². The Morgan fingerprint density at radius 1 is 1.28 bits per heavy atom. The number of aliphatic carboxylic acids is 1. The van der Waals surface area contributed by atoms with Crippen molar-refractivity contribution in [3.05, 3.63) is 58.7 Å². The van der Waals surface area contributed by atoms with Gasteiger partial charge in [-0.3, -0.25) is 15.5 Å². The molecule has 0 aromatic heterocycles. The number of hydrogen-bond donors (Lipinski definition) is 2. The molecule has 0 aliphatic carbocycles. The molecule has 2 rings (SSSR count). The predicted octanol–water partition coefficient (Wildman–Crippen LogP) is 4.73. The number of nitro benzene ring substituents is 1. The van der Waals surface area contributed by atoms with E-state index in [1.54, 1.807) is 12.1 Å². The maximum Gasteiger partial charge on any atom is 0.416 e. The van der Waals surface area contributed by atoms with Gasteiger partial charge in [-0.05, 0) is 75.0 Å². The maximum atomic E-state index is 12.7. The Bertz CT molecular complexity index is 960. The SMILES string of the molecule is O=C(O)COc1c(I)cc(/C=N\Nc2ccc(C(F)(F)F)cc2[N+](=O)[O-])cc1I. The van der Waals surface area contributed by atoms with Gasteiger partial charge < -0.3 is 9.84 Å². The van der Waals surface area contributed by atoms with E-state index in [0.29, 0.717) is 30.6 Å². The molecule has 0 bridgehead atoms. The highest BCUT2D eigenvalue weighted by Gasteiger charge is 2.33. The lowest BCUT2D eigenvalue weighted by Crippen LogP contribution is -2.11. The molecule has 0 heterocycles. The van der Waals surface area contributed by atoms with Crippen LogP contribution in [-0.4, -0.2) is 28.8 Å². The summed E-state index contributed by atoms with van der Waals surface area (Å²) in [5, 5.41) is 23.6. The molecule has 13 heteroatoms. The summed E-state index contributed by atoms with van der Waals surface area (Å²) in [5.74, 6) is -0.735. The third-order valence-corrected chi connectivity index (χ3v) is 4.88. The molecule has 0 radical (unpaired) electrons. The Kier molecular flexibility index (Phi) is 7.61. The molecule has 29 heavy (non-hydrogen) atoms. The lowest BCUT2D eigenvalue weighted by molar-refractivity contribution is -0.384. The van der Waals surface area contributed by atoms with E-state index in [9.17, 15) is 28.1 Å². The third kappa shape index (κ3) is 6.41. The summed E-state index contributed by atoms with van der Waals surface area (Å²) >= 11 is 3.89. The van der Waals surface area contributed by atoms with E-state index in [1.807, 2.05) is 45.2 Å². The number of alkyl halides is 3. The van der Waals surface area contributed by atoms with Crippen LogP contribution in [0.4, 0.5) is 24.5 Å². The van der Waals surface area contributed by atoms with E-state index in [4.69, 9.17) is 9.84 Å². The fourth-order valence-electron chi connectivity index (χ4n) is 2.06. The number of hydrogen-bond acceptors (Lipinski definition) is 6. The summed E-state index contributed by atoms with van der Waals surface area (Å²) in [6.07, 6.45) is -3.39. The van der Waals surface area contributed by atoms with Crippen LogP contribution in [0.2, 0.25) is 0 Å². The number of nitro groups is 1. The molecule has 0 spiro atoms. The van der Waals surface area contributed by atoms with E-state index < -0.39 is 34.9 Å². The van der Waals surface area contributed by atoms with Crippen LogP contribution >= 0.6 is 45.2 Å². The van der Waals surface area contributed by atoms with Crippen molar-refractivity contribution in [3.63, 3.8) is 0 Å². The van der Waals surface area contributed by atoms with E-state index in [1.165, 1.54) is 6.21 Å². The molecule has 0 fully saturated rings. The minimum Gasteiger partial charge on any atom is -0.480 e. The number of carbonyl (C=O) groups is 1. The number of carboxylic acids is 1. The molecule has 2 aromatic carbocycles. The van der Waals surface area contributed by atoms with E-state index in [2.05, 4.69) is 10.5 Å². The van der Waals surface area contributed by atoms with Crippen LogP contribution in [0.1, 0.15) is 11.1 Å². The summed E-state index contributed by atoms with van der Waals surface area (Å²) in [4.78, 5) is 20.7. The molecule has 0 amide bonds. The first-order chi connectivity index (χ1) is 13.5. The van der Waals surface area contributed by atoms with Crippen molar-refractivity contribution in [1.82, 2.24) is 0 Å². The van der Waals surface area contributed by atoms with Crippen LogP contribution in [0.3, 0.4) is 0 Å². The van der Waals surface area contributed by atoms with Gasteiger partial charge in [-0.15, -0.1) is 0 Å². The van der Waals surface area contributed by atoms with Gasteiger partial charge in [0.1, 0.15) is 11.4 Å². The average Bonchev–Trinajstić information content (AvgIpc) is 2.59. The smallest absolute Gasteiger partial charge is 0.416 e. The summed E-state index contributed by atoms with van der Waals surface area (Å²) < 4.78 is 44.6. The fraction of sp³-hybridized carbons (Fsp3) is 0.125. The van der Waals surface area contributed by atoms with Crippen molar-refractivity contribution >= 4 is 68.7 Å². The minimum atomic E-state index is -4.70. The Hall–Kier alpha value is -2.17. The highest BCUT2D eigenvalue weighted by Crippen LogP contribution is 2.35. The molecule has 2 aromatic rings. The van der Waals surface area contributed by atoms with Gasteiger partial charge >= 0.3 is 12.1 Å². The van der Waals surface area contributed by atoms with E-state index in [-0.39, 0.29) is 5.69 Å². The largest absolute Gasteiger partial charge is 0.480 e. The second kappa shape index (κ2) is 9.55. The van der Waals surface area contributed by atoms with Gasteiger partial charge in [0.05, 0.1) is 23.8 Å². The van der Waals surface area contributed by atoms with Gasteiger partial charge in [0.2, 0.25) is 0 Å². The highest BCUT2D eigenvalue weighted by atomic mass is 127. The highest BCUT2D eigenvalue weighted by molar-refractivity contribution is 14.1. The van der Waals surface area contributed by atoms with Gasteiger partial charge in [0, 0.05) is 6.07 Å². The summed E-state index contributed by atoms with van der Waals surface area (Å²) in [5.41, 5.74) is 0.813. The zero-order valence-electron chi connectivity index (χ0n) is 14.0. The molecular weight excluding hydrogens is 625 g/mol. The standard InChI is InChI=1S/C16H10F3I2N3O5/c17-16(18,19)9-1-2-12(13(5-9)24(27)28)23-22-6-8-3-10(20)15(11(21)4-8)29-7-14(25)26/h1-6,23H,7H2,(H,25,26)/b22-6-. The number of ether oxygens (including phenoxy) is 1. The van der Waals surface area contributed by atoms with Crippen molar-refractivity contribution in [3.8, 4) is 5.75 Å². The lowest BCUT2D eigenvalue weighted by Gasteiger charge is -2.10. The first-order valence-corrected chi connectivity index (χ1v) is 9.63. The average molecular weight is 635 g/mol. The Morgan fingerprint density at radius 3 is 2.41 bits per heavy atom. The zero-order valence-corrected chi connectivity index (χ0v) is 18.4. The molecule has 0 aliphatic heterocycles. The number of benzene rings is 2. The summed E-state index contributed by atoms with van der Waals surface area (Å²) in [6.45, 7) is -0.501. The van der Waals surface area contributed by atoms with Crippen LogP contribution in [0, 0.1) is 17.3 Å². The maximum absolute atomic E-state index is 12.7. The first kappa shape index (κ1) is 23.1. The number of hydrazone groups is 1. The number of rotatable bonds is 7. The van der Waals surface area contributed by atoms with Crippen LogP contribution in [-0.2, 0) is 11.0 Å². The second-order valence-electron chi connectivity index (χ2n) is 5.35. The number of anilines is 1. The molecular formula is C16H10F3I2N3O5. The quantitative estimate of drug-likeness (QED) is 0.197. The number of halogens is 5. The van der Waals surface area contributed by atoms with Gasteiger partial charge in [-0.25, -0.2) is 4.79 Å². The van der Waals surface area contributed by atoms with Crippen LogP contribution in [0.5, 0.6) is 5.75 Å².